The molecule has 0 bridgehead atoms. The van der Waals surface area contributed by atoms with Crippen molar-refractivity contribution in [2.45, 2.75) is 12.6 Å². The van der Waals surface area contributed by atoms with E-state index in [0.717, 1.165) is 50.2 Å². The van der Waals surface area contributed by atoms with Crippen LogP contribution in [-0.4, -0.2) is 37.7 Å². The quantitative estimate of drug-likeness (QED) is 0.887. The van der Waals surface area contributed by atoms with Crippen LogP contribution in [0.4, 0.5) is 0 Å². The highest BCUT2D eigenvalue weighted by Crippen LogP contribution is 2.21. The molecule has 1 N–H and O–H groups in total. The number of nitrogens with zero attached hydrogens (tertiary/aromatic N) is 1. The van der Waals surface area contributed by atoms with E-state index in [1.807, 2.05) is 36.4 Å². The Bertz CT molecular complexity index is 551. The van der Waals surface area contributed by atoms with Crippen molar-refractivity contribution in [2.75, 3.05) is 32.8 Å². The first-order valence-electron chi connectivity index (χ1n) is 7.63. The molecular formula is C17H21ClN2O2. The van der Waals surface area contributed by atoms with E-state index < -0.39 is 0 Å². The highest BCUT2D eigenvalue weighted by Gasteiger charge is 2.24. The zero-order valence-electron chi connectivity index (χ0n) is 12.5. The molecule has 0 saturated carbocycles. The number of hydrogen-bond donors (Lipinski definition) is 1. The van der Waals surface area contributed by atoms with Gasteiger partial charge in [-0.05, 0) is 29.8 Å². The summed E-state index contributed by atoms with van der Waals surface area (Å²) in [7, 11) is 0. The van der Waals surface area contributed by atoms with Crippen LogP contribution in [0.2, 0.25) is 5.02 Å². The Kier molecular flexibility index (Phi) is 5.51. The number of rotatable bonds is 6. The van der Waals surface area contributed by atoms with Crippen LogP contribution in [0.15, 0.2) is 47.1 Å². The minimum Gasteiger partial charge on any atom is -0.468 e. The van der Waals surface area contributed by atoms with Gasteiger partial charge in [0.2, 0.25) is 0 Å². The molecule has 1 fully saturated rings. The van der Waals surface area contributed by atoms with Gasteiger partial charge in [0, 0.05) is 31.2 Å². The first-order chi connectivity index (χ1) is 10.8. The maximum absolute atomic E-state index is 5.91. The molecule has 22 heavy (non-hydrogen) atoms. The Hall–Kier alpha value is -1.33. The smallest absolute Gasteiger partial charge is 0.122 e. The summed E-state index contributed by atoms with van der Waals surface area (Å²) in [6.07, 6.45) is 1.74. The molecule has 2 heterocycles. The second kappa shape index (κ2) is 7.79. The standard InChI is InChI=1S/C17H21ClN2O2/c18-15-5-3-14(4-6-15)12-19-13-16(17-2-1-9-22-17)20-7-10-21-11-8-20/h1-6,9,16,19H,7-8,10-13H2. The van der Waals surface area contributed by atoms with Crippen LogP contribution in [0.1, 0.15) is 17.4 Å². The van der Waals surface area contributed by atoms with Gasteiger partial charge in [0.1, 0.15) is 5.76 Å². The lowest BCUT2D eigenvalue weighted by atomic mass is 10.1. The lowest BCUT2D eigenvalue weighted by molar-refractivity contribution is 0.0116. The van der Waals surface area contributed by atoms with Crippen molar-refractivity contribution in [1.82, 2.24) is 10.2 Å². The van der Waals surface area contributed by atoms with Crippen LogP contribution >= 0.6 is 11.6 Å². The van der Waals surface area contributed by atoms with Crippen molar-refractivity contribution in [3.05, 3.63) is 59.0 Å². The Morgan fingerprint density at radius 3 is 2.59 bits per heavy atom. The summed E-state index contributed by atoms with van der Waals surface area (Å²) in [6.45, 7) is 5.11. The van der Waals surface area contributed by atoms with E-state index >= 15 is 0 Å². The lowest BCUT2D eigenvalue weighted by Crippen LogP contribution is -2.42. The molecule has 1 aromatic heterocycles. The SMILES string of the molecule is Clc1ccc(CNCC(c2ccco2)N2CCOCC2)cc1. The summed E-state index contributed by atoms with van der Waals surface area (Å²) in [5.74, 6) is 1.01. The minimum atomic E-state index is 0.242. The largest absolute Gasteiger partial charge is 0.468 e. The van der Waals surface area contributed by atoms with Crippen molar-refractivity contribution in [1.29, 1.82) is 0 Å². The minimum absolute atomic E-state index is 0.242. The lowest BCUT2D eigenvalue weighted by Gasteiger charge is -2.33. The molecule has 0 spiro atoms. The number of halogens is 1. The number of nitrogens with one attached hydrogen (secondary N) is 1. The predicted molar refractivity (Wildman–Crippen MR) is 87.0 cm³/mol. The van der Waals surface area contributed by atoms with E-state index in [1.54, 1.807) is 6.26 Å². The highest BCUT2D eigenvalue weighted by molar-refractivity contribution is 6.30. The van der Waals surface area contributed by atoms with Gasteiger partial charge in [-0.3, -0.25) is 4.90 Å². The monoisotopic (exact) mass is 320 g/mol. The van der Waals surface area contributed by atoms with Gasteiger partial charge in [0.05, 0.1) is 25.5 Å². The molecule has 5 heteroatoms. The van der Waals surface area contributed by atoms with E-state index in [2.05, 4.69) is 10.2 Å². The molecule has 0 aliphatic carbocycles. The fraction of sp³-hybridized carbons (Fsp3) is 0.412. The highest BCUT2D eigenvalue weighted by atomic mass is 35.5. The van der Waals surface area contributed by atoms with Crippen LogP contribution in [-0.2, 0) is 11.3 Å². The molecule has 1 atom stereocenters. The summed E-state index contributed by atoms with van der Waals surface area (Å²) in [4.78, 5) is 2.41. The molecule has 0 radical (unpaired) electrons. The maximum atomic E-state index is 5.91. The van der Waals surface area contributed by atoms with Crippen LogP contribution in [0, 0.1) is 0 Å². The second-order valence-electron chi connectivity index (χ2n) is 5.44. The van der Waals surface area contributed by atoms with Crippen LogP contribution in [0.5, 0.6) is 0 Å². The second-order valence-corrected chi connectivity index (χ2v) is 5.87. The number of hydrogen-bond acceptors (Lipinski definition) is 4. The van der Waals surface area contributed by atoms with E-state index in [1.165, 1.54) is 5.56 Å². The van der Waals surface area contributed by atoms with Gasteiger partial charge >= 0.3 is 0 Å². The van der Waals surface area contributed by atoms with Gasteiger partial charge in [0.25, 0.3) is 0 Å². The average Bonchev–Trinajstić information content (AvgIpc) is 3.08. The number of morpholine rings is 1. The summed E-state index contributed by atoms with van der Waals surface area (Å²) in [5.41, 5.74) is 1.23. The van der Waals surface area contributed by atoms with Crippen LogP contribution < -0.4 is 5.32 Å². The molecule has 0 amide bonds. The zero-order valence-corrected chi connectivity index (χ0v) is 13.3. The molecule has 4 nitrogen and oxygen atoms in total. The molecule has 2 aromatic rings. The van der Waals surface area contributed by atoms with Crippen molar-refractivity contribution >= 4 is 11.6 Å². The third kappa shape index (κ3) is 4.11. The van der Waals surface area contributed by atoms with Crippen LogP contribution in [0.25, 0.3) is 0 Å². The molecule has 118 valence electrons. The molecule has 1 aromatic carbocycles. The fourth-order valence-electron chi connectivity index (χ4n) is 2.74. The zero-order chi connectivity index (χ0) is 15.2. The third-order valence-electron chi connectivity index (χ3n) is 3.94. The molecule has 1 unspecified atom stereocenters. The average molecular weight is 321 g/mol. The van der Waals surface area contributed by atoms with Crippen LogP contribution in [0.3, 0.4) is 0 Å². The van der Waals surface area contributed by atoms with Gasteiger partial charge in [-0.15, -0.1) is 0 Å². The maximum Gasteiger partial charge on any atom is 0.122 e. The van der Waals surface area contributed by atoms with Gasteiger partial charge in [-0.2, -0.15) is 0 Å². The Balaban J connectivity index is 1.59. The van der Waals surface area contributed by atoms with Crippen molar-refractivity contribution < 1.29 is 9.15 Å². The van der Waals surface area contributed by atoms with Gasteiger partial charge < -0.3 is 14.5 Å². The summed E-state index contributed by atoms with van der Waals surface area (Å²) < 4.78 is 11.1. The molecular weight excluding hydrogens is 300 g/mol. The van der Waals surface area contributed by atoms with Crippen molar-refractivity contribution in [3.63, 3.8) is 0 Å². The fourth-order valence-corrected chi connectivity index (χ4v) is 2.86. The predicted octanol–water partition coefficient (Wildman–Crippen LogP) is 3.10. The van der Waals surface area contributed by atoms with Crippen molar-refractivity contribution in [3.8, 4) is 0 Å². The van der Waals surface area contributed by atoms with E-state index in [9.17, 15) is 0 Å². The first-order valence-corrected chi connectivity index (χ1v) is 8.01. The third-order valence-corrected chi connectivity index (χ3v) is 4.19. The molecule has 1 saturated heterocycles. The molecule has 3 rings (SSSR count). The molecule has 1 aliphatic heterocycles. The number of furan rings is 1. The summed E-state index contributed by atoms with van der Waals surface area (Å²) in [6, 6.07) is 12.2. The topological polar surface area (TPSA) is 37.6 Å². The Labute approximate surface area is 136 Å². The Morgan fingerprint density at radius 1 is 1.14 bits per heavy atom. The first kappa shape index (κ1) is 15.6. The van der Waals surface area contributed by atoms with Gasteiger partial charge in [0.15, 0.2) is 0 Å². The summed E-state index contributed by atoms with van der Waals surface area (Å²) in [5, 5.41) is 4.29. The van der Waals surface area contributed by atoms with E-state index in [4.69, 9.17) is 20.8 Å². The Morgan fingerprint density at radius 2 is 1.91 bits per heavy atom. The summed E-state index contributed by atoms with van der Waals surface area (Å²) >= 11 is 5.91. The van der Waals surface area contributed by atoms with E-state index in [0.29, 0.717) is 0 Å². The van der Waals surface area contributed by atoms with E-state index in [-0.39, 0.29) is 6.04 Å². The van der Waals surface area contributed by atoms with Gasteiger partial charge in [-0.25, -0.2) is 0 Å². The normalized spacial score (nSPS) is 17.5. The number of ether oxygens (including phenoxy) is 1. The van der Waals surface area contributed by atoms with Crippen molar-refractivity contribution in [2.24, 2.45) is 0 Å². The molecule has 1 aliphatic rings. The number of benzene rings is 1. The van der Waals surface area contributed by atoms with Gasteiger partial charge in [-0.1, -0.05) is 23.7 Å².